The van der Waals surface area contributed by atoms with Gasteiger partial charge in [0.05, 0.1) is 22.4 Å². The highest BCUT2D eigenvalue weighted by Gasteiger charge is 2.06. The van der Waals surface area contributed by atoms with Gasteiger partial charge in [0, 0.05) is 24.8 Å². The first-order chi connectivity index (χ1) is 20.8. The lowest BCUT2D eigenvalue weighted by molar-refractivity contribution is -0.147. The van der Waals surface area contributed by atoms with Crippen molar-refractivity contribution in [2.45, 2.75) is 32.1 Å². The Morgan fingerprint density at radius 1 is 0.581 bits per heavy atom. The molecular weight excluding hydrogens is 544 g/mol. The van der Waals surface area contributed by atoms with E-state index in [4.69, 9.17) is 21.7 Å². The second kappa shape index (κ2) is 14.8. The van der Waals surface area contributed by atoms with Crippen LogP contribution in [0.15, 0.2) is 110 Å². The first-order valence-corrected chi connectivity index (χ1v) is 13.7. The van der Waals surface area contributed by atoms with E-state index < -0.39 is 18.4 Å². The lowest BCUT2D eigenvalue weighted by atomic mass is 10.1. The van der Waals surface area contributed by atoms with Gasteiger partial charge in [0.15, 0.2) is 0 Å². The zero-order chi connectivity index (χ0) is 30.6. The summed E-state index contributed by atoms with van der Waals surface area (Å²) in [6, 6.07) is 28.8. The number of anilines is 2. The van der Waals surface area contributed by atoms with Crippen molar-refractivity contribution in [2.75, 3.05) is 11.5 Å². The van der Waals surface area contributed by atoms with E-state index in [1.165, 1.54) is 11.1 Å². The third-order valence-electron chi connectivity index (χ3n) is 6.67. The minimum absolute atomic E-state index is 0.758. The zero-order valence-electron chi connectivity index (χ0n) is 23.6. The summed E-state index contributed by atoms with van der Waals surface area (Å²) in [6.07, 6.45) is 10.5. The summed E-state index contributed by atoms with van der Waals surface area (Å²) < 4.78 is 3.96. The maximum Gasteiger partial charge on any atom is 0.314 e. The van der Waals surface area contributed by atoms with E-state index in [0.717, 1.165) is 59.7 Å². The number of fused-ring (bicyclic) bond motifs is 2. The smallest absolute Gasteiger partial charge is 0.314 e. The number of nitrogens with zero attached hydrogens (tertiary/aromatic N) is 4. The summed E-state index contributed by atoms with van der Waals surface area (Å²) in [5.74, 6) is -1.11. The van der Waals surface area contributed by atoms with Crippen LogP contribution in [0.4, 0.5) is 11.6 Å². The van der Waals surface area contributed by atoms with E-state index in [0.29, 0.717) is 0 Å². The minimum atomic E-state index is -1.31. The predicted octanol–water partition coefficient (Wildman–Crippen LogP) is 4.95. The topological polar surface area (TPSA) is 161 Å². The molecule has 6 rings (SSSR count). The van der Waals surface area contributed by atoms with Crippen LogP contribution in [-0.2, 0) is 35.3 Å². The molecule has 0 aliphatic heterocycles. The van der Waals surface area contributed by atoms with Crippen molar-refractivity contribution in [1.29, 1.82) is 0 Å². The number of carboxylic acid groups (broad SMARTS) is 2. The predicted molar refractivity (Wildman–Crippen MR) is 167 cm³/mol. The highest BCUT2D eigenvalue weighted by Crippen LogP contribution is 2.17. The molecule has 0 radical (unpaired) electrons. The van der Waals surface area contributed by atoms with Gasteiger partial charge in [0.2, 0.25) is 0 Å². The van der Waals surface area contributed by atoms with Crippen LogP contribution in [0.1, 0.15) is 28.9 Å². The number of rotatable bonds is 8. The number of aliphatic carboxylic acids is 2. The average molecular weight is 579 g/mol. The van der Waals surface area contributed by atoms with Crippen LogP contribution in [0, 0.1) is 0 Å². The standard InChI is InChI=1S/2C15H15N3.C3H4O4/c2*16-15-9-8-14-13(17-10-11-18(14)15)7-6-12-4-2-1-3-5-12;4-2(5)1-3(6)7/h2*1-5,8-11H,6-7,16H2;1H2,(H,4,5)(H,6,7). The monoisotopic (exact) mass is 578 g/mol. The van der Waals surface area contributed by atoms with Gasteiger partial charge in [-0.3, -0.25) is 19.6 Å². The second-order valence-corrected chi connectivity index (χ2v) is 9.71. The fourth-order valence-electron chi connectivity index (χ4n) is 4.57. The maximum absolute atomic E-state index is 9.43. The molecule has 0 spiro atoms. The van der Waals surface area contributed by atoms with Crippen molar-refractivity contribution in [3.05, 3.63) is 132 Å². The van der Waals surface area contributed by atoms with Crippen molar-refractivity contribution in [3.63, 3.8) is 0 Å². The molecule has 220 valence electrons. The summed E-state index contributed by atoms with van der Waals surface area (Å²) in [6.45, 7) is 0. The molecule has 0 bridgehead atoms. The van der Waals surface area contributed by atoms with Crippen molar-refractivity contribution >= 4 is 34.6 Å². The number of carboxylic acids is 2. The first kappa shape index (κ1) is 30.3. The van der Waals surface area contributed by atoms with Crippen LogP contribution in [0.5, 0.6) is 0 Å². The largest absolute Gasteiger partial charge is 0.481 e. The van der Waals surface area contributed by atoms with Crippen LogP contribution < -0.4 is 11.5 Å². The zero-order valence-corrected chi connectivity index (χ0v) is 23.6. The van der Waals surface area contributed by atoms with Crippen LogP contribution in [-0.4, -0.2) is 40.9 Å². The van der Waals surface area contributed by atoms with Crippen LogP contribution in [0.3, 0.4) is 0 Å². The Labute approximate surface area is 248 Å². The molecular formula is C33H34N6O4. The molecule has 4 heterocycles. The van der Waals surface area contributed by atoms with Gasteiger partial charge in [0.1, 0.15) is 18.1 Å². The molecule has 2 aromatic carbocycles. The highest BCUT2D eigenvalue weighted by molar-refractivity contribution is 5.88. The van der Waals surface area contributed by atoms with Crippen LogP contribution >= 0.6 is 0 Å². The molecule has 0 amide bonds. The number of benzene rings is 2. The molecule has 0 atom stereocenters. The first-order valence-electron chi connectivity index (χ1n) is 13.7. The molecule has 6 N–H and O–H groups in total. The molecule has 43 heavy (non-hydrogen) atoms. The van der Waals surface area contributed by atoms with Gasteiger partial charge in [-0.1, -0.05) is 60.7 Å². The van der Waals surface area contributed by atoms with Crippen LogP contribution in [0.25, 0.3) is 11.0 Å². The Morgan fingerprint density at radius 2 is 0.977 bits per heavy atom. The number of hydrogen-bond donors (Lipinski definition) is 4. The van der Waals surface area contributed by atoms with Gasteiger partial charge < -0.3 is 30.5 Å². The minimum Gasteiger partial charge on any atom is -0.481 e. The molecule has 6 aromatic rings. The third kappa shape index (κ3) is 8.67. The summed E-state index contributed by atoms with van der Waals surface area (Å²) in [5, 5.41) is 15.4. The van der Waals surface area contributed by atoms with Crippen LogP contribution in [0.2, 0.25) is 0 Å². The number of aryl methyl sites for hydroxylation is 4. The Balaban J connectivity index is 0.000000163. The van der Waals surface area contributed by atoms with Crippen molar-refractivity contribution in [3.8, 4) is 0 Å². The fraction of sp³-hybridized carbons (Fsp3) is 0.152. The molecule has 4 aromatic heterocycles. The molecule has 0 aliphatic carbocycles. The molecule has 0 unspecified atom stereocenters. The van der Waals surface area contributed by atoms with E-state index in [2.05, 4.69) is 58.5 Å². The lowest BCUT2D eigenvalue weighted by Crippen LogP contribution is -2.03. The lowest BCUT2D eigenvalue weighted by Gasteiger charge is -2.05. The number of aromatic nitrogens is 4. The molecule has 0 saturated carbocycles. The highest BCUT2D eigenvalue weighted by atomic mass is 16.4. The number of nitrogen functional groups attached to an aromatic ring is 2. The van der Waals surface area contributed by atoms with E-state index in [1.807, 2.05) is 70.0 Å². The van der Waals surface area contributed by atoms with Gasteiger partial charge in [0.25, 0.3) is 0 Å². The summed E-state index contributed by atoms with van der Waals surface area (Å²) in [7, 11) is 0. The van der Waals surface area contributed by atoms with Crippen molar-refractivity contribution < 1.29 is 19.8 Å². The second-order valence-electron chi connectivity index (χ2n) is 9.71. The average Bonchev–Trinajstić information content (AvgIpc) is 3.59. The van der Waals surface area contributed by atoms with Gasteiger partial charge in [-0.25, -0.2) is 0 Å². The van der Waals surface area contributed by atoms with Gasteiger partial charge >= 0.3 is 11.9 Å². The Kier molecular flexibility index (Phi) is 10.5. The molecule has 10 nitrogen and oxygen atoms in total. The Hall–Kier alpha value is -5.64. The Morgan fingerprint density at radius 3 is 1.33 bits per heavy atom. The quantitative estimate of drug-likeness (QED) is 0.185. The van der Waals surface area contributed by atoms with E-state index in [9.17, 15) is 9.59 Å². The van der Waals surface area contributed by atoms with Crippen molar-refractivity contribution in [2.24, 2.45) is 0 Å². The third-order valence-corrected chi connectivity index (χ3v) is 6.67. The van der Waals surface area contributed by atoms with Gasteiger partial charge in [-0.15, -0.1) is 0 Å². The summed E-state index contributed by atoms with van der Waals surface area (Å²) in [4.78, 5) is 27.8. The normalized spacial score (nSPS) is 10.4. The SMILES string of the molecule is Nc1ccc2c(CCc3ccccc3)nccn12.Nc1ccc2c(CCc3ccccc3)nccn12.O=C(O)CC(=O)O. The van der Waals surface area contributed by atoms with Gasteiger partial charge in [-0.2, -0.15) is 0 Å². The summed E-state index contributed by atoms with van der Waals surface area (Å²) in [5.41, 5.74) is 18.8. The Bertz CT molecular complexity index is 1650. The van der Waals surface area contributed by atoms with Crippen molar-refractivity contribution in [1.82, 2.24) is 18.8 Å². The number of nitrogens with two attached hydrogens (primary N) is 2. The molecule has 0 fully saturated rings. The molecule has 10 heteroatoms. The fourth-order valence-corrected chi connectivity index (χ4v) is 4.57. The van der Waals surface area contributed by atoms with E-state index in [1.54, 1.807) is 0 Å². The van der Waals surface area contributed by atoms with E-state index in [-0.39, 0.29) is 0 Å². The van der Waals surface area contributed by atoms with E-state index >= 15 is 0 Å². The summed E-state index contributed by atoms with van der Waals surface area (Å²) >= 11 is 0. The number of carbonyl (C=O) groups is 2. The number of hydrogen-bond acceptors (Lipinski definition) is 6. The molecule has 0 aliphatic rings. The van der Waals surface area contributed by atoms with Gasteiger partial charge in [-0.05, 0) is 61.1 Å². The molecule has 0 saturated heterocycles. The maximum atomic E-state index is 9.43.